The van der Waals surface area contributed by atoms with Gasteiger partial charge in [0.2, 0.25) is 0 Å². The average Bonchev–Trinajstić information content (AvgIpc) is 3.13. The molecule has 2 saturated carbocycles. The first-order valence-corrected chi connectivity index (χ1v) is 11.0. The van der Waals surface area contributed by atoms with E-state index in [0.29, 0.717) is 23.6 Å². The average molecular weight is 490 g/mol. The molecule has 0 radical (unpaired) electrons. The van der Waals surface area contributed by atoms with E-state index in [9.17, 15) is 0 Å². The first kappa shape index (κ1) is 21.6. The Bertz CT molecular complexity index is 508. The Hall–Kier alpha value is -0.0800. The Morgan fingerprint density at radius 3 is 2.33 bits per heavy atom. The number of hydrogen-bond acceptors (Lipinski definition) is 3. The lowest BCUT2D eigenvalue weighted by molar-refractivity contribution is -0.125. The largest absolute Gasteiger partial charge is 0.378 e. The maximum Gasteiger partial charge on any atom is 0.191 e. The van der Waals surface area contributed by atoms with Crippen molar-refractivity contribution >= 4 is 29.9 Å². The summed E-state index contributed by atoms with van der Waals surface area (Å²) < 4.78 is 6.07. The Morgan fingerprint density at radius 2 is 1.74 bits per heavy atom. The van der Waals surface area contributed by atoms with E-state index in [1.165, 1.54) is 57.8 Å². The lowest BCUT2D eigenvalue weighted by Gasteiger charge is -2.54. The van der Waals surface area contributed by atoms with Crippen LogP contribution in [0, 0.1) is 5.41 Å². The number of hydrogen-bond donors (Lipinski definition) is 2. The van der Waals surface area contributed by atoms with E-state index in [1.54, 1.807) is 0 Å². The van der Waals surface area contributed by atoms with Crippen molar-refractivity contribution in [2.45, 2.75) is 101 Å². The number of nitrogens with zero attached hydrogens (tertiary/aromatic N) is 2. The number of guanidine groups is 1. The summed E-state index contributed by atoms with van der Waals surface area (Å²) in [5.41, 5.74) is 0.358. The van der Waals surface area contributed by atoms with Gasteiger partial charge in [-0.2, -0.15) is 0 Å². The number of piperidine rings is 2. The minimum Gasteiger partial charge on any atom is -0.378 e. The van der Waals surface area contributed by atoms with Gasteiger partial charge in [-0.3, -0.25) is 4.99 Å². The third kappa shape index (κ3) is 4.13. The van der Waals surface area contributed by atoms with Gasteiger partial charge in [0.1, 0.15) is 0 Å². The number of fused-ring (bicyclic) bond motifs is 2. The van der Waals surface area contributed by atoms with Crippen molar-refractivity contribution in [2.75, 3.05) is 20.7 Å². The van der Waals surface area contributed by atoms with Gasteiger partial charge in [0.15, 0.2) is 5.96 Å². The van der Waals surface area contributed by atoms with Gasteiger partial charge in [-0.15, -0.1) is 24.0 Å². The fourth-order valence-electron chi connectivity index (χ4n) is 6.35. The van der Waals surface area contributed by atoms with Crippen molar-refractivity contribution in [3.05, 3.63) is 0 Å². The van der Waals surface area contributed by atoms with E-state index in [1.807, 2.05) is 7.05 Å². The molecule has 2 heterocycles. The summed E-state index contributed by atoms with van der Waals surface area (Å²) in [5.74, 6) is 1.02. The van der Waals surface area contributed by atoms with Crippen LogP contribution in [0.3, 0.4) is 0 Å². The van der Waals surface area contributed by atoms with Gasteiger partial charge in [-0.05, 0) is 58.9 Å². The Kier molecular flexibility index (Phi) is 7.34. The second kappa shape index (κ2) is 9.16. The van der Waals surface area contributed by atoms with Crippen LogP contribution in [0.5, 0.6) is 0 Å². The van der Waals surface area contributed by atoms with E-state index >= 15 is 0 Å². The molecule has 2 aliphatic heterocycles. The normalized spacial score (nSPS) is 38.2. The highest BCUT2D eigenvalue weighted by atomic mass is 127. The van der Waals surface area contributed by atoms with Crippen molar-refractivity contribution in [1.82, 2.24) is 15.5 Å². The van der Waals surface area contributed by atoms with Crippen LogP contribution >= 0.6 is 24.0 Å². The molecule has 2 N–H and O–H groups in total. The molecule has 6 heteroatoms. The zero-order valence-electron chi connectivity index (χ0n) is 17.4. The summed E-state index contributed by atoms with van der Waals surface area (Å²) in [6.45, 7) is 2.96. The van der Waals surface area contributed by atoms with Gasteiger partial charge in [-0.25, -0.2) is 0 Å². The molecule has 27 heavy (non-hydrogen) atoms. The maximum atomic E-state index is 6.07. The lowest BCUT2D eigenvalue weighted by atomic mass is 9.60. The summed E-state index contributed by atoms with van der Waals surface area (Å²) >= 11 is 0. The first-order valence-electron chi connectivity index (χ1n) is 11.0. The summed E-state index contributed by atoms with van der Waals surface area (Å²) in [6, 6.07) is 2.60. The topological polar surface area (TPSA) is 48.9 Å². The molecule has 5 nitrogen and oxygen atoms in total. The molecule has 0 amide bonds. The maximum absolute atomic E-state index is 6.07. The first-order chi connectivity index (χ1) is 12.7. The molecule has 4 unspecified atom stereocenters. The van der Waals surface area contributed by atoms with Gasteiger partial charge in [-0.1, -0.05) is 19.3 Å². The minimum atomic E-state index is 0. The van der Waals surface area contributed by atoms with Crippen LogP contribution in [0.15, 0.2) is 4.99 Å². The van der Waals surface area contributed by atoms with Gasteiger partial charge >= 0.3 is 0 Å². The quantitative estimate of drug-likeness (QED) is 0.360. The van der Waals surface area contributed by atoms with Crippen molar-refractivity contribution in [2.24, 2.45) is 10.4 Å². The number of rotatable bonds is 4. The molecule has 0 aromatic rings. The molecule has 4 fully saturated rings. The summed E-state index contributed by atoms with van der Waals surface area (Å²) in [5, 5.41) is 7.57. The van der Waals surface area contributed by atoms with Crippen LogP contribution < -0.4 is 10.6 Å². The van der Waals surface area contributed by atoms with Crippen molar-refractivity contribution in [3.8, 4) is 0 Å². The SMILES string of the molecule is CCOC1CC(NC(=NC)NC2CC3CCCC(C2)N3C)C12CCCC2.I. The highest BCUT2D eigenvalue weighted by molar-refractivity contribution is 14.0. The van der Waals surface area contributed by atoms with Crippen molar-refractivity contribution < 1.29 is 4.74 Å². The zero-order chi connectivity index (χ0) is 18.1. The Labute approximate surface area is 182 Å². The molecule has 4 aliphatic rings. The molecule has 4 rings (SSSR count). The highest BCUT2D eigenvalue weighted by Crippen LogP contribution is 2.54. The molecule has 156 valence electrons. The fraction of sp³-hybridized carbons (Fsp3) is 0.952. The number of nitrogens with one attached hydrogen (secondary N) is 2. The van der Waals surface area contributed by atoms with Crippen LogP contribution in [-0.2, 0) is 4.74 Å². The van der Waals surface area contributed by atoms with Crippen LogP contribution in [0.2, 0.25) is 0 Å². The second-order valence-electron chi connectivity index (χ2n) is 9.11. The van der Waals surface area contributed by atoms with Crippen LogP contribution in [0.4, 0.5) is 0 Å². The van der Waals surface area contributed by atoms with Gasteiger partial charge < -0.3 is 20.3 Å². The molecule has 1 spiro atoms. The Balaban J connectivity index is 0.00000210. The van der Waals surface area contributed by atoms with Crippen molar-refractivity contribution in [1.29, 1.82) is 0 Å². The number of aliphatic imine (C=N–C) groups is 1. The molecule has 0 aromatic heterocycles. The zero-order valence-corrected chi connectivity index (χ0v) is 19.7. The van der Waals surface area contributed by atoms with Crippen LogP contribution in [-0.4, -0.2) is 61.8 Å². The number of halogens is 1. The monoisotopic (exact) mass is 490 g/mol. The second-order valence-corrected chi connectivity index (χ2v) is 9.11. The van der Waals surface area contributed by atoms with E-state index < -0.39 is 0 Å². The summed E-state index contributed by atoms with van der Waals surface area (Å²) in [4.78, 5) is 7.21. The van der Waals surface area contributed by atoms with Crippen LogP contribution in [0.25, 0.3) is 0 Å². The fourth-order valence-corrected chi connectivity index (χ4v) is 6.35. The summed E-state index contributed by atoms with van der Waals surface area (Å²) in [6.07, 6.45) is 13.5. The predicted molar refractivity (Wildman–Crippen MR) is 122 cm³/mol. The van der Waals surface area contributed by atoms with Gasteiger partial charge in [0, 0.05) is 43.2 Å². The number of ether oxygens (including phenoxy) is 1. The third-order valence-electron chi connectivity index (χ3n) is 7.90. The minimum absolute atomic E-state index is 0. The van der Waals surface area contributed by atoms with E-state index in [0.717, 1.165) is 31.1 Å². The van der Waals surface area contributed by atoms with E-state index in [2.05, 4.69) is 34.5 Å². The molecule has 4 atom stereocenters. The molecule has 2 bridgehead atoms. The molecule has 2 aliphatic carbocycles. The highest BCUT2D eigenvalue weighted by Gasteiger charge is 2.57. The Morgan fingerprint density at radius 1 is 1.07 bits per heavy atom. The summed E-state index contributed by atoms with van der Waals surface area (Å²) in [7, 11) is 4.25. The molecular formula is C21H39IN4O. The smallest absolute Gasteiger partial charge is 0.191 e. The van der Waals surface area contributed by atoms with Crippen molar-refractivity contribution in [3.63, 3.8) is 0 Å². The standard InChI is InChI=1S/C21H38N4O.HI/c1-4-26-19-14-18(21(19)10-5-6-11-21)24-20(22-2)23-15-12-16-8-7-9-17(13-15)25(16)3;/h15-19H,4-14H2,1-3H3,(H2,22,23,24);1H. The van der Waals surface area contributed by atoms with Gasteiger partial charge in [0.25, 0.3) is 0 Å². The van der Waals surface area contributed by atoms with E-state index in [-0.39, 0.29) is 24.0 Å². The van der Waals surface area contributed by atoms with E-state index in [4.69, 9.17) is 4.74 Å². The van der Waals surface area contributed by atoms with Crippen LogP contribution in [0.1, 0.15) is 71.1 Å². The molecule has 0 aromatic carbocycles. The van der Waals surface area contributed by atoms with Gasteiger partial charge in [0.05, 0.1) is 6.10 Å². The molecular weight excluding hydrogens is 451 g/mol. The third-order valence-corrected chi connectivity index (χ3v) is 7.90. The predicted octanol–water partition coefficient (Wildman–Crippen LogP) is 3.52. The lowest BCUT2D eigenvalue weighted by Crippen LogP contribution is -2.66. The molecule has 2 saturated heterocycles.